The number of hydrogen-bond acceptors (Lipinski definition) is 5. The first kappa shape index (κ1) is 12.6. The summed E-state index contributed by atoms with van der Waals surface area (Å²) in [4.78, 5) is 2.21. The van der Waals surface area contributed by atoms with Gasteiger partial charge in [-0.2, -0.15) is 4.37 Å². The number of aromatic nitrogens is 1. The summed E-state index contributed by atoms with van der Waals surface area (Å²) >= 11 is 1.51. The molecular weight excluding hydrogens is 234 g/mol. The van der Waals surface area contributed by atoms with E-state index in [-0.39, 0.29) is 6.10 Å². The summed E-state index contributed by atoms with van der Waals surface area (Å²) in [7, 11) is 2.09. The topological polar surface area (TPSA) is 51.4 Å². The average Bonchev–Trinajstić information content (AvgIpc) is 3.01. The average molecular weight is 255 g/mol. The van der Waals surface area contributed by atoms with Crippen molar-refractivity contribution in [2.75, 3.05) is 30.8 Å². The Balaban J connectivity index is 1.96. The molecule has 1 saturated carbocycles. The van der Waals surface area contributed by atoms with Crippen molar-refractivity contribution in [3.63, 3.8) is 0 Å². The number of rotatable bonds is 6. The maximum absolute atomic E-state index is 5.94. The third kappa shape index (κ3) is 3.10. The van der Waals surface area contributed by atoms with Gasteiger partial charge < -0.3 is 15.4 Å². The molecule has 1 aliphatic carbocycles. The molecule has 2 N–H and O–H groups in total. The lowest BCUT2D eigenvalue weighted by Gasteiger charge is -2.19. The van der Waals surface area contributed by atoms with E-state index in [0.717, 1.165) is 19.0 Å². The summed E-state index contributed by atoms with van der Waals surface area (Å²) in [5.41, 5.74) is 7.20. The molecule has 0 saturated heterocycles. The number of nitrogens with two attached hydrogens (primary N) is 1. The molecule has 0 atom stereocenters. The lowest BCUT2D eigenvalue weighted by atomic mass is 10.2. The van der Waals surface area contributed by atoms with Crippen LogP contribution in [0.4, 0.5) is 10.8 Å². The minimum Gasteiger partial charge on any atom is -0.383 e. The normalized spacial score (nSPS) is 15.5. The van der Waals surface area contributed by atoms with Crippen LogP contribution in [0.5, 0.6) is 0 Å². The highest BCUT2D eigenvalue weighted by Crippen LogP contribution is 2.48. The molecule has 1 aromatic rings. The fourth-order valence-electron chi connectivity index (χ4n) is 1.86. The lowest BCUT2D eigenvalue weighted by molar-refractivity contribution is 0.0846. The van der Waals surface area contributed by atoms with Crippen LogP contribution in [0.25, 0.3) is 0 Å². The predicted molar refractivity (Wildman–Crippen MR) is 72.9 cm³/mol. The number of nitrogen functional groups attached to an aromatic ring is 1. The second-order valence-corrected chi connectivity index (χ2v) is 5.65. The zero-order chi connectivity index (χ0) is 12.4. The highest BCUT2D eigenvalue weighted by Gasteiger charge is 2.31. The summed E-state index contributed by atoms with van der Waals surface area (Å²) in [6.45, 7) is 5.75. The van der Waals surface area contributed by atoms with Gasteiger partial charge in [0.05, 0.1) is 12.7 Å². The van der Waals surface area contributed by atoms with Crippen LogP contribution in [0.3, 0.4) is 0 Å². The van der Waals surface area contributed by atoms with Crippen LogP contribution in [0.2, 0.25) is 0 Å². The van der Waals surface area contributed by atoms with Crippen LogP contribution >= 0.6 is 11.5 Å². The van der Waals surface area contributed by atoms with Gasteiger partial charge in [-0.1, -0.05) is 0 Å². The first-order valence-corrected chi connectivity index (χ1v) is 6.94. The van der Waals surface area contributed by atoms with Gasteiger partial charge in [-0.05, 0) is 44.1 Å². The molecule has 0 amide bonds. The van der Waals surface area contributed by atoms with E-state index in [9.17, 15) is 0 Å². The molecule has 0 unspecified atom stereocenters. The standard InChI is InChI=1S/C12H21N3OS/c1-8(2)16-7-6-15(3)12-10(9-4-5-9)11(13)14-17-12/h8-9H,4-7H2,1-3H3,(H2,13,14). The van der Waals surface area contributed by atoms with Crippen molar-refractivity contribution in [3.8, 4) is 0 Å². The molecule has 1 heterocycles. The van der Waals surface area contributed by atoms with Crippen LogP contribution in [0, 0.1) is 0 Å². The maximum Gasteiger partial charge on any atom is 0.142 e. The monoisotopic (exact) mass is 255 g/mol. The molecule has 4 nitrogen and oxygen atoms in total. The fourth-order valence-corrected chi connectivity index (χ4v) is 2.74. The zero-order valence-corrected chi connectivity index (χ0v) is 11.6. The van der Waals surface area contributed by atoms with E-state index in [0.29, 0.717) is 5.92 Å². The van der Waals surface area contributed by atoms with Crippen molar-refractivity contribution in [3.05, 3.63) is 5.56 Å². The van der Waals surface area contributed by atoms with Crippen LogP contribution in [0.1, 0.15) is 38.2 Å². The second kappa shape index (κ2) is 5.23. The van der Waals surface area contributed by atoms with Crippen LogP contribution in [-0.4, -0.2) is 30.7 Å². The van der Waals surface area contributed by atoms with E-state index < -0.39 is 0 Å². The van der Waals surface area contributed by atoms with Gasteiger partial charge >= 0.3 is 0 Å². The summed E-state index contributed by atoms with van der Waals surface area (Å²) in [5, 5.41) is 1.22. The molecule has 1 aliphatic rings. The lowest BCUT2D eigenvalue weighted by Crippen LogP contribution is -2.24. The highest BCUT2D eigenvalue weighted by molar-refractivity contribution is 7.10. The van der Waals surface area contributed by atoms with E-state index in [1.54, 1.807) is 0 Å². The first-order chi connectivity index (χ1) is 8.09. The third-order valence-electron chi connectivity index (χ3n) is 2.95. The molecule has 5 heteroatoms. The molecule has 1 fully saturated rings. The minimum atomic E-state index is 0.290. The highest BCUT2D eigenvalue weighted by atomic mass is 32.1. The minimum absolute atomic E-state index is 0.290. The number of likely N-dealkylation sites (N-methyl/N-ethyl adjacent to an activating group) is 1. The number of hydrogen-bond donors (Lipinski definition) is 1. The van der Waals surface area contributed by atoms with Crippen LogP contribution < -0.4 is 10.6 Å². The van der Waals surface area contributed by atoms with E-state index in [2.05, 4.69) is 30.2 Å². The van der Waals surface area contributed by atoms with Crippen molar-refractivity contribution < 1.29 is 4.74 Å². The van der Waals surface area contributed by atoms with E-state index >= 15 is 0 Å². The van der Waals surface area contributed by atoms with Crippen molar-refractivity contribution in [2.45, 2.75) is 38.7 Å². The van der Waals surface area contributed by atoms with Crippen LogP contribution in [0.15, 0.2) is 0 Å². The molecule has 0 bridgehead atoms. The number of nitrogens with zero attached hydrogens (tertiary/aromatic N) is 2. The van der Waals surface area contributed by atoms with E-state index in [4.69, 9.17) is 10.5 Å². The molecule has 0 spiro atoms. The quantitative estimate of drug-likeness (QED) is 0.848. The molecule has 0 aromatic carbocycles. The van der Waals surface area contributed by atoms with Gasteiger partial charge in [-0.15, -0.1) is 0 Å². The van der Waals surface area contributed by atoms with Crippen LogP contribution in [-0.2, 0) is 4.74 Å². The molecule has 96 valence electrons. The molecule has 0 radical (unpaired) electrons. The van der Waals surface area contributed by atoms with Gasteiger partial charge in [0.1, 0.15) is 10.8 Å². The third-order valence-corrected chi connectivity index (χ3v) is 3.94. The number of ether oxygens (including phenoxy) is 1. The molecule has 0 aliphatic heterocycles. The SMILES string of the molecule is CC(C)OCCN(C)c1snc(N)c1C1CC1. The Morgan fingerprint density at radius 1 is 1.53 bits per heavy atom. The Kier molecular flexibility index (Phi) is 3.89. The van der Waals surface area contributed by atoms with E-state index in [1.807, 2.05) is 0 Å². The molecule has 17 heavy (non-hydrogen) atoms. The van der Waals surface area contributed by atoms with Gasteiger partial charge in [0.15, 0.2) is 0 Å². The summed E-state index contributed by atoms with van der Waals surface area (Å²) in [6.07, 6.45) is 2.80. The Bertz CT molecular complexity index is 374. The molecular formula is C12H21N3OS. The fraction of sp³-hybridized carbons (Fsp3) is 0.750. The summed E-state index contributed by atoms with van der Waals surface area (Å²) in [5.74, 6) is 1.38. The van der Waals surface area contributed by atoms with Crippen molar-refractivity contribution >= 4 is 22.4 Å². The second-order valence-electron chi connectivity index (χ2n) is 4.90. The Labute approximate surface area is 107 Å². The molecule has 1 aromatic heterocycles. The Morgan fingerprint density at radius 3 is 2.82 bits per heavy atom. The van der Waals surface area contributed by atoms with Gasteiger partial charge in [0.25, 0.3) is 0 Å². The van der Waals surface area contributed by atoms with Gasteiger partial charge in [0.2, 0.25) is 0 Å². The first-order valence-electron chi connectivity index (χ1n) is 6.17. The summed E-state index contributed by atoms with van der Waals surface area (Å²) < 4.78 is 9.85. The maximum atomic E-state index is 5.94. The molecule has 2 rings (SSSR count). The van der Waals surface area contributed by atoms with Crippen molar-refractivity contribution in [1.82, 2.24) is 4.37 Å². The van der Waals surface area contributed by atoms with Gasteiger partial charge in [0, 0.05) is 19.2 Å². The largest absolute Gasteiger partial charge is 0.383 e. The van der Waals surface area contributed by atoms with Crippen molar-refractivity contribution in [1.29, 1.82) is 0 Å². The number of anilines is 2. The van der Waals surface area contributed by atoms with Gasteiger partial charge in [-0.3, -0.25) is 0 Å². The Hall–Kier alpha value is -0.810. The zero-order valence-electron chi connectivity index (χ0n) is 10.8. The summed E-state index contributed by atoms with van der Waals surface area (Å²) in [6, 6.07) is 0. The Morgan fingerprint density at radius 2 is 2.24 bits per heavy atom. The smallest absolute Gasteiger partial charge is 0.142 e. The van der Waals surface area contributed by atoms with Gasteiger partial charge in [-0.25, -0.2) is 0 Å². The van der Waals surface area contributed by atoms with E-state index in [1.165, 1.54) is 34.9 Å². The van der Waals surface area contributed by atoms with Crippen molar-refractivity contribution in [2.24, 2.45) is 0 Å². The predicted octanol–water partition coefficient (Wildman–Crippen LogP) is 2.46.